The van der Waals surface area contributed by atoms with Gasteiger partial charge in [-0.05, 0) is 85.1 Å². The first kappa shape index (κ1) is 23.7. The number of nitrogens with one attached hydrogen (secondary N) is 2. The third kappa shape index (κ3) is 5.03. The Morgan fingerprint density at radius 3 is 2.44 bits per heavy atom. The van der Waals surface area contributed by atoms with Gasteiger partial charge in [0.2, 0.25) is 0 Å². The highest BCUT2D eigenvalue weighted by Gasteiger charge is 2.31. The molecular formula is C25H26F3N3O3. The summed E-state index contributed by atoms with van der Waals surface area (Å²) < 4.78 is 43.5. The first-order chi connectivity index (χ1) is 16.2. The van der Waals surface area contributed by atoms with Crippen molar-refractivity contribution in [1.29, 1.82) is 0 Å². The number of hydrogen-bond donors (Lipinski definition) is 3. The van der Waals surface area contributed by atoms with Gasteiger partial charge in [-0.3, -0.25) is 4.79 Å². The number of hydrogen-bond acceptors (Lipinski definition) is 4. The standard InChI is InChI=1S/C25H26F3N3O3/c1-34-24(33)30-18-11-15-10-17(29)12-22(21(15)13-18)31-23(32)20-5-3-2-4-19(20)14-6-8-16(9-7-14)25(26,27)28/h6-10,12,18H,2-5,11,13,29H2,1H3,(H,30,33)(H,31,32). The number of rotatable bonds is 4. The molecule has 34 heavy (non-hydrogen) atoms. The number of allylic oxidation sites excluding steroid dienone is 1. The predicted molar refractivity (Wildman–Crippen MR) is 123 cm³/mol. The van der Waals surface area contributed by atoms with Gasteiger partial charge in [0.05, 0.1) is 12.7 Å². The van der Waals surface area contributed by atoms with Gasteiger partial charge >= 0.3 is 12.3 Å². The van der Waals surface area contributed by atoms with E-state index in [0.29, 0.717) is 48.2 Å². The number of halogens is 3. The summed E-state index contributed by atoms with van der Waals surface area (Å²) in [5, 5.41) is 5.75. The van der Waals surface area contributed by atoms with Crippen molar-refractivity contribution in [2.75, 3.05) is 18.2 Å². The van der Waals surface area contributed by atoms with E-state index in [-0.39, 0.29) is 11.9 Å². The number of anilines is 2. The van der Waals surface area contributed by atoms with Crippen LogP contribution in [0.4, 0.5) is 29.3 Å². The Kier molecular flexibility index (Phi) is 6.54. The zero-order chi connectivity index (χ0) is 24.5. The molecule has 1 atom stereocenters. The second-order valence-electron chi connectivity index (χ2n) is 8.64. The summed E-state index contributed by atoms with van der Waals surface area (Å²) in [5.74, 6) is -0.285. The van der Waals surface area contributed by atoms with Crippen molar-refractivity contribution in [3.8, 4) is 0 Å². The lowest BCUT2D eigenvalue weighted by Gasteiger charge is -2.21. The van der Waals surface area contributed by atoms with Gasteiger partial charge in [0.1, 0.15) is 0 Å². The molecule has 2 aliphatic carbocycles. The third-order valence-electron chi connectivity index (χ3n) is 6.34. The summed E-state index contributed by atoms with van der Waals surface area (Å²) in [5.41, 5.74) is 10.2. The Morgan fingerprint density at radius 1 is 1.06 bits per heavy atom. The number of methoxy groups -OCH3 is 1. The van der Waals surface area contributed by atoms with Crippen LogP contribution in [0.3, 0.4) is 0 Å². The van der Waals surface area contributed by atoms with E-state index in [9.17, 15) is 22.8 Å². The normalized spacial score (nSPS) is 17.8. The average Bonchev–Trinajstić information content (AvgIpc) is 3.20. The molecule has 0 aromatic heterocycles. The van der Waals surface area contributed by atoms with E-state index >= 15 is 0 Å². The van der Waals surface area contributed by atoms with E-state index in [0.717, 1.165) is 41.7 Å². The maximum atomic E-state index is 13.3. The fraction of sp³-hybridized carbons (Fsp3) is 0.360. The number of ether oxygens (including phenoxy) is 1. The van der Waals surface area contributed by atoms with Gasteiger partial charge in [-0.2, -0.15) is 13.2 Å². The van der Waals surface area contributed by atoms with Crippen molar-refractivity contribution in [1.82, 2.24) is 5.32 Å². The van der Waals surface area contributed by atoms with E-state index in [2.05, 4.69) is 15.4 Å². The Labute approximate surface area is 195 Å². The molecule has 1 unspecified atom stereocenters. The second-order valence-corrected chi connectivity index (χ2v) is 8.64. The molecule has 6 nitrogen and oxygen atoms in total. The van der Waals surface area contributed by atoms with Crippen molar-refractivity contribution >= 4 is 28.9 Å². The summed E-state index contributed by atoms with van der Waals surface area (Å²) in [4.78, 5) is 24.9. The molecule has 2 aliphatic rings. The van der Waals surface area contributed by atoms with Crippen molar-refractivity contribution in [2.24, 2.45) is 0 Å². The lowest BCUT2D eigenvalue weighted by atomic mass is 9.86. The highest BCUT2D eigenvalue weighted by atomic mass is 19.4. The summed E-state index contributed by atoms with van der Waals surface area (Å²) in [6.45, 7) is 0. The number of alkyl halides is 3. The molecule has 2 aromatic carbocycles. The molecule has 0 saturated heterocycles. The molecule has 180 valence electrons. The number of benzene rings is 2. The first-order valence-electron chi connectivity index (χ1n) is 11.1. The quantitative estimate of drug-likeness (QED) is 0.540. The zero-order valence-corrected chi connectivity index (χ0v) is 18.7. The Morgan fingerprint density at radius 2 is 1.76 bits per heavy atom. The van der Waals surface area contributed by atoms with Crippen molar-refractivity contribution in [3.63, 3.8) is 0 Å². The van der Waals surface area contributed by atoms with Crippen LogP contribution in [0.25, 0.3) is 5.57 Å². The SMILES string of the molecule is COC(=O)NC1Cc2cc(N)cc(NC(=O)C3=C(c4ccc(C(F)(F)F)cc4)CCCC3)c2C1. The van der Waals surface area contributed by atoms with E-state index < -0.39 is 17.8 Å². The molecular weight excluding hydrogens is 447 g/mol. The number of nitrogens with two attached hydrogens (primary N) is 1. The van der Waals surface area contributed by atoms with Gasteiger partial charge in [0.25, 0.3) is 5.91 Å². The molecule has 0 spiro atoms. The summed E-state index contributed by atoms with van der Waals surface area (Å²) >= 11 is 0. The molecule has 4 N–H and O–H groups in total. The van der Waals surface area contributed by atoms with Crippen LogP contribution in [0, 0.1) is 0 Å². The van der Waals surface area contributed by atoms with Crippen molar-refractivity contribution < 1.29 is 27.5 Å². The lowest BCUT2D eigenvalue weighted by molar-refractivity contribution is -0.137. The molecule has 0 fully saturated rings. The number of amides is 2. The largest absolute Gasteiger partial charge is 0.453 e. The zero-order valence-electron chi connectivity index (χ0n) is 18.7. The smallest absolute Gasteiger partial charge is 0.416 e. The van der Waals surface area contributed by atoms with E-state index in [1.165, 1.54) is 19.2 Å². The van der Waals surface area contributed by atoms with E-state index in [1.807, 2.05) is 6.07 Å². The fourth-order valence-electron chi connectivity index (χ4n) is 4.74. The molecule has 4 rings (SSSR count). The van der Waals surface area contributed by atoms with Crippen LogP contribution in [0.15, 0.2) is 42.0 Å². The van der Waals surface area contributed by atoms with Gasteiger partial charge in [-0.25, -0.2) is 4.79 Å². The Bertz CT molecular complexity index is 1140. The maximum absolute atomic E-state index is 13.3. The van der Waals surface area contributed by atoms with Gasteiger partial charge in [0.15, 0.2) is 0 Å². The summed E-state index contributed by atoms with van der Waals surface area (Å²) in [7, 11) is 1.30. The number of nitrogen functional groups attached to an aromatic ring is 1. The van der Waals surface area contributed by atoms with Gasteiger partial charge < -0.3 is 21.1 Å². The summed E-state index contributed by atoms with van der Waals surface area (Å²) in [6.07, 6.45) is -0.996. The van der Waals surface area contributed by atoms with Crippen molar-refractivity contribution in [2.45, 2.75) is 50.7 Å². The van der Waals surface area contributed by atoms with Crippen LogP contribution in [0.1, 0.15) is 47.9 Å². The monoisotopic (exact) mass is 473 g/mol. The predicted octanol–water partition coefficient (Wildman–Crippen LogP) is 5.08. The average molecular weight is 473 g/mol. The minimum atomic E-state index is -4.41. The number of fused-ring (bicyclic) bond motifs is 1. The number of carbonyl (C=O) groups is 2. The first-order valence-corrected chi connectivity index (χ1v) is 11.1. The van der Waals surface area contributed by atoms with Crippen LogP contribution in [0.2, 0.25) is 0 Å². The number of alkyl carbamates (subject to hydrolysis) is 1. The topological polar surface area (TPSA) is 93.4 Å². The molecule has 0 bridgehead atoms. The minimum Gasteiger partial charge on any atom is -0.453 e. The highest BCUT2D eigenvalue weighted by Crippen LogP contribution is 2.37. The molecule has 0 aliphatic heterocycles. The maximum Gasteiger partial charge on any atom is 0.416 e. The summed E-state index contributed by atoms with van der Waals surface area (Å²) in [6, 6.07) is 8.31. The van der Waals surface area contributed by atoms with Gasteiger partial charge in [-0.1, -0.05) is 12.1 Å². The Balaban J connectivity index is 1.60. The van der Waals surface area contributed by atoms with E-state index in [4.69, 9.17) is 5.73 Å². The van der Waals surface area contributed by atoms with Crippen LogP contribution in [0.5, 0.6) is 0 Å². The molecule has 0 radical (unpaired) electrons. The van der Waals surface area contributed by atoms with Crippen LogP contribution >= 0.6 is 0 Å². The molecule has 0 saturated carbocycles. The molecule has 0 heterocycles. The second kappa shape index (κ2) is 9.40. The highest BCUT2D eigenvalue weighted by molar-refractivity contribution is 6.09. The molecule has 9 heteroatoms. The number of carbonyl (C=O) groups excluding carboxylic acids is 2. The third-order valence-corrected chi connectivity index (χ3v) is 6.34. The minimum absolute atomic E-state index is 0.170. The molecule has 2 aromatic rings. The molecule has 2 amide bonds. The lowest BCUT2D eigenvalue weighted by Crippen LogP contribution is -2.35. The van der Waals surface area contributed by atoms with Crippen LogP contribution in [-0.4, -0.2) is 25.2 Å². The van der Waals surface area contributed by atoms with E-state index in [1.54, 1.807) is 6.07 Å². The Hall–Kier alpha value is -3.49. The van der Waals surface area contributed by atoms with Crippen LogP contribution in [-0.2, 0) is 28.5 Å². The van der Waals surface area contributed by atoms with Crippen LogP contribution < -0.4 is 16.4 Å². The fourth-order valence-corrected chi connectivity index (χ4v) is 4.74. The van der Waals surface area contributed by atoms with Gasteiger partial charge in [-0.15, -0.1) is 0 Å². The van der Waals surface area contributed by atoms with Gasteiger partial charge in [0, 0.05) is 23.0 Å². The van der Waals surface area contributed by atoms with Crippen molar-refractivity contribution in [3.05, 3.63) is 64.2 Å².